The third-order valence-corrected chi connectivity index (χ3v) is 4.19. The molecule has 0 saturated heterocycles. The normalized spacial score (nSPS) is 16.6. The highest BCUT2D eigenvalue weighted by molar-refractivity contribution is 7.54. The third-order valence-electron chi connectivity index (χ3n) is 2.24. The van der Waals surface area contributed by atoms with Crippen molar-refractivity contribution in [1.29, 1.82) is 0 Å². The maximum absolute atomic E-state index is 13.2. The largest absolute Gasteiger partial charge is 0.381 e. The SMILES string of the molecule is COP(=O)(OC)C(O)C(F)(F)C(F)(F)C(F)(F)C(F)F. The van der Waals surface area contributed by atoms with Crippen molar-refractivity contribution in [1.82, 2.24) is 0 Å². The third kappa shape index (κ3) is 2.78. The lowest BCUT2D eigenvalue weighted by Gasteiger charge is -2.35. The molecular formula is C7H9F8O4P. The second-order valence-electron chi connectivity index (χ2n) is 3.40. The first-order chi connectivity index (χ1) is 8.72. The average molecular weight is 340 g/mol. The van der Waals surface area contributed by atoms with Crippen molar-refractivity contribution in [2.75, 3.05) is 14.2 Å². The molecule has 0 aliphatic heterocycles. The summed E-state index contributed by atoms with van der Waals surface area (Å²) in [5.41, 5.74) is 0. The molecule has 1 atom stereocenters. The fourth-order valence-electron chi connectivity index (χ4n) is 0.994. The summed E-state index contributed by atoms with van der Waals surface area (Å²) in [6.45, 7) is 0. The van der Waals surface area contributed by atoms with Crippen molar-refractivity contribution in [3.8, 4) is 0 Å². The summed E-state index contributed by atoms with van der Waals surface area (Å²) in [4.78, 5) is 0. The number of aliphatic hydroxyl groups excluding tert-OH is 1. The van der Waals surface area contributed by atoms with Gasteiger partial charge in [0.15, 0.2) is 0 Å². The van der Waals surface area contributed by atoms with Gasteiger partial charge in [-0.3, -0.25) is 4.57 Å². The zero-order valence-electron chi connectivity index (χ0n) is 9.80. The Hall–Kier alpha value is -0.450. The van der Waals surface area contributed by atoms with Gasteiger partial charge in [0.05, 0.1) is 0 Å². The Morgan fingerprint density at radius 2 is 1.30 bits per heavy atom. The van der Waals surface area contributed by atoms with E-state index in [0.717, 1.165) is 0 Å². The maximum Gasteiger partial charge on any atom is 0.381 e. The summed E-state index contributed by atoms with van der Waals surface area (Å²) in [5.74, 6) is -23.5. The predicted octanol–water partition coefficient (Wildman–Crippen LogP) is 2.96. The molecule has 0 fully saturated rings. The van der Waals surface area contributed by atoms with Gasteiger partial charge < -0.3 is 14.2 Å². The minimum absolute atomic E-state index is 0.396. The van der Waals surface area contributed by atoms with Gasteiger partial charge >= 0.3 is 31.8 Å². The molecular weight excluding hydrogens is 331 g/mol. The summed E-state index contributed by atoms with van der Waals surface area (Å²) in [6.07, 6.45) is -5.15. The van der Waals surface area contributed by atoms with Crippen LogP contribution in [0.5, 0.6) is 0 Å². The average Bonchev–Trinajstić information content (AvgIpc) is 2.36. The van der Waals surface area contributed by atoms with Crippen LogP contribution in [0.1, 0.15) is 0 Å². The number of aliphatic hydroxyl groups is 1. The molecule has 0 aromatic rings. The summed E-state index contributed by atoms with van der Waals surface area (Å²) >= 11 is 0. The topological polar surface area (TPSA) is 55.8 Å². The molecule has 13 heteroatoms. The number of alkyl halides is 8. The van der Waals surface area contributed by atoms with Crippen molar-refractivity contribution < 1.29 is 53.8 Å². The van der Waals surface area contributed by atoms with Gasteiger partial charge in [0, 0.05) is 14.2 Å². The predicted molar refractivity (Wildman–Crippen MR) is 48.5 cm³/mol. The molecule has 0 saturated carbocycles. The molecule has 0 amide bonds. The minimum Gasteiger partial charge on any atom is -0.376 e. The Morgan fingerprint density at radius 1 is 0.950 bits per heavy atom. The molecule has 4 nitrogen and oxygen atoms in total. The van der Waals surface area contributed by atoms with Crippen LogP contribution in [-0.2, 0) is 13.6 Å². The van der Waals surface area contributed by atoms with Crippen LogP contribution in [-0.4, -0.2) is 49.4 Å². The fourth-order valence-corrected chi connectivity index (χ4v) is 2.10. The molecule has 0 aromatic heterocycles. The summed E-state index contributed by atoms with van der Waals surface area (Å²) in [7, 11) is -4.55. The molecule has 0 aliphatic carbocycles. The van der Waals surface area contributed by atoms with Crippen LogP contribution < -0.4 is 0 Å². The standard InChI is InChI=1S/C7H9F8O4P/c1-18-20(17,19-2)4(16)6(12,13)7(14,15)5(10,11)3(8)9/h3-4,16H,1-2H3. The second-order valence-corrected chi connectivity index (χ2v) is 5.70. The molecule has 1 N–H and O–H groups in total. The van der Waals surface area contributed by atoms with E-state index in [1.165, 1.54) is 0 Å². The summed E-state index contributed by atoms with van der Waals surface area (Å²) in [5, 5.41) is 8.86. The van der Waals surface area contributed by atoms with Gasteiger partial charge in [0.25, 0.3) is 0 Å². The molecule has 0 bridgehead atoms. The van der Waals surface area contributed by atoms with E-state index in [1.807, 2.05) is 0 Å². The molecule has 1 unspecified atom stereocenters. The van der Waals surface area contributed by atoms with E-state index in [4.69, 9.17) is 5.11 Å². The zero-order valence-corrected chi connectivity index (χ0v) is 10.7. The first kappa shape index (κ1) is 19.6. The molecule has 122 valence electrons. The summed E-state index contributed by atoms with van der Waals surface area (Å²) in [6, 6.07) is 0. The van der Waals surface area contributed by atoms with Gasteiger partial charge in [-0.1, -0.05) is 0 Å². The minimum atomic E-state index is -6.71. The lowest BCUT2D eigenvalue weighted by atomic mass is 10.1. The van der Waals surface area contributed by atoms with Crippen LogP contribution in [0.15, 0.2) is 0 Å². The zero-order chi connectivity index (χ0) is 16.6. The highest BCUT2D eigenvalue weighted by atomic mass is 31.2. The van der Waals surface area contributed by atoms with E-state index >= 15 is 0 Å². The quantitative estimate of drug-likeness (QED) is 0.572. The van der Waals surface area contributed by atoms with Crippen molar-refractivity contribution in [2.45, 2.75) is 30.0 Å². The number of halogens is 8. The fraction of sp³-hybridized carbons (Fsp3) is 1.00. The van der Waals surface area contributed by atoms with Crippen LogP contribution in [0.3, 0.4) is 0 Å². The molecule has 0 spiro atoms. The van der Waals surface area contributed by atoms with Gasteiger partial charge in [-0.15, -0.1) is 0 Å². The molecule has 0 radical (unpaired) electrons. The lowest BCUT2D eigenvalue weighted by Crippen LogP contribution is -2.61. The van der Waals surface area contributed by atoms with Crippen LogP contribution in [0.4, 0.5) is 35.1 Å². The van der Waals surface area contributed by atoms with E-state index < -0.39 is 37.6 Å². The van der Waals surface area contributed by atoms with Gasteiger partial charge in [-0.25, -0.2) is 8.78 Å². The maximum atomic E-state index is 13.2. The molecule has 0 aliphatic rings. The monoisotopic (exact) mass is 340 g/mol. The van der Waals surface area contributed by atoms with E-state index in [-0.39, 0.29) is 0 Å². The van der Waals surface area contributed by atoms with Crippen LogP contribution in [0.2, 0.25) is 0 Å². The van der Waals surface area contributed by atoms with Gasteiger partial charge in [0.2, 0.25) is 5.85 Å². The Morgan fingerprint density at radius 3 is 1.55 bits per heavy atom. The molecule has 0 aromatic carbocycles. The number of rotatable bonds is 7. The Balaban J connectivity index is 5.80. The van der Waals surface area contributed by atoms with Crippen LogP contribution >= 0.6 is 7.60 Å². The number of hydrogen-bond acceptors (Lipinski definition) is 4. The van der Waals surface area contributed by atoms with Crippen molar-refractivity contribution >= 4 is 7.60 Å². The van der Waals surface area contributed by atoms with Gasteiger partial charge in [-0.2, -0.15) is 26.3 Å². The Kier molecular flexibility index (Phi) is 5.61. The molecule has 0 heterocycles. The second kappa shape index (κ2) is 5.74. The smallest absolute Gasteiger partial charge is 0.376 e. The summed E-state index contributed by atoms with van der Waals surface area (Å²) < 4.78 is 120. The molecule has 0 rings (SSSR count). The van der Waals surface area contributed by atoms with Crippen molar-refractivity contribution in [3.05, 3.63) is 0 Å². The number of hydrogen-bond donors (Lipinski definition) is 1. The van der Waals surface area contributed by atoms with E-state index in [2.05, 4.69) is 9.05 Å². The van der Waals surface area contributed by atoms with Gasteiger partial charge in [0.1, 0.15) is 0 Å². The lowest BCUT2D eigenvalue weighted by molar-refractivity contribution is -0.349. The van der Waals surface area contributed by atoms with E-state index in [9.17, 15) is 39.7 Å². The van der Waals surface area contributed by atoms with E-state index in [0.29, 0.717) is 14.2 Å². The highest BCUT2D eigenvalue weighted by Gasteiger charge is 2.79. The van der Waals surface area contributed by atoms with Gasteiger partial charge in [-0.05, 0) is 0 Å². The molecule has 20 heavy (non-hydrogen) atoms. The van der Waals surface area contributed by atoms with Crippen LogP contribution in [0, 0.1) is 0 Å². The van der Waals surface area contributed by atoms with E-state index in [1.54, 1.807) is 0 Å². The van der Waals surface area contributed by atoms with Crippen molar-refractivity contribution in [2.24, 2.45) is 0 Å². The first-order valence-electron chi connectivity index (χ1n) is 4.53. The first-order valence-corrected chi connectivity index (χ1v) is 6.14. The van der Waals surface area contributed by atoms with Crippen LogP contribution in [0.25, 0.3) is 0 Å². The Bertz CT molecular complexity index is 379. The van der Waals surface area contributed by atoms with Crippen molar-refractivity contribution in [3.63, 3.8) is 0 Å². The Labute approximate surface area is 107 Å². The highest BCUT2D eigenvalue weighted by Crippen LogP contribution is 2.61.